The topological polar surface area (TPSA) is 21.3 Å². The second kappa shape index (κ2) is 5.37. The van der Waals surface area contributed by atoms with E-state index in [0.717, 1.165) is 25.1 Å². The number of nitrogens with one attached hydrogen (secondary N) is 1. The molecule has 0 bridgehead atoms. The number of hydrogen-bond donors (Lipinski definition) is 1. The Bertz CT molecular complexity index is 370. The first kappa shape index (κ1) is 12.2. The van der Waals surface area contributed by atoms with E-state index in [0.29, 0.717) is 16.1 Å². The van der Waals surface area contributed by atoms with Crippen molar-refractivity contribution in [2.45, 2.75) is 25.5 Å². The lowest BCUT2D eigenvalue weighted by Crippen LogP contribution is -2.27. The van der Waals surface area contributed by atoms with Gasteiger partial charge in [0.2, 0.25) is 0 Å². The van der Waals surface area contributed by atoms with Crippen molar-refractivity contribution in [1.29, 1.82) is 0 Å². The predicted octanol–water partition coefficient (Wildman–Crippen LogP) is 3.43. The molecular formula is C12H15Cl2NO. The van der Waals surface area contributed by atoms with E-state index in [9.17, 15) is 0 Å². The summed E-state index contributed by atoms with van der Waals surface area (Å²) in [5.41, 5.74) is 0.968. The fourth-order valence-corrected chi connectivity index (χ4v) is 2.24. The van der Waals surface area contributed by atoms with Crippen LogP contribution in [0.2, 0.25) is 10.0 Å². The Balaban J connectivity index is 2.19. The van der Waals surface area contributed by atoms with Gasteiger partial charge >= 0.3 is 0 Å². The third-order valence-corrected chi connectivity index (χ3v) is 3.41. The molecule has 0 aliphatic carbocycles. The van der Waals surface area contributed by atoms with Gasteiger partial charge in [0.05, 0.1) is 6.10 Å². The van der Waals surface area contributed by atoms with Gasteiger partial charge in [0.1, 0.15) is 0 Å². The Morgan fingerprint density at radius 3 is 3.00 bits per heavy atom. The first-order chi connectivity index (χ1) is 7.66. The predicted molar refractivity (Wildman–Crippen MR) is 67.2 cm³/mol. The molecule has 1 aliphatic rings. The Labute approximate surface area is 106 Å². The molecule has 2 nitrogen and oxygen atoms in total. The minimum Gasteiger partial charge on any atom is -0.372 e. The fourth-order valence-electron chi connectivity index (χ4n) is 1.82. The van der Waals surface area contributed by atoms with Crippen molar-refractivity contribution in [3.8, 4) is 0 Å². The van der Waals surface area contributed by atoms with E-state index in [4.69, 9.17) is 27.9 Å². The molecule has 2 unspecified atom stereocenters. The average molecular weight is 260 g/mol. The lowest BCUT2D eigenvalue weighted by Gasteiger charge is -2.17. The molecular weight excluding hydrogens is 245 g/mol. The van der Waals surface area contributed by atoms with E-state index >= 15 is 0 Å². The SMILES string of the molecule is CC1CCOC(c2cc(Cl)ccc2Cl)CN1. The summed E-state index contributed by atoms with van der Waals surface area (Å²) >= 11 is 12.1. The summed E-state index contributed by atoms with van der Waals surface area (Å²) in [5, 5.41) is 4.82. The number of hydrogen-bond acceptors (Lipinski definition) is 2. The second-order valence-electron chi connectivity index (χ2n) is 4.12. The van der Waals surface area contributed by atoms with Crippen LogP contribution in [0.4, 0.5) is 0 Å². The minimum atomic E-state index is -0.00356. The van der Waals surface area contributed by atoms with Crippen molar-refractivity contribution in [2.24, 2.45) is 0 Å². The number of halogens is 2. The normalized spacial score (nSPS) is 26.4. The molecule has 4 heteroatoms. The van der Waals surface area contributed by atoms with Crippen molar-refractivity contribution in [1.82, 2.24) is 5.32 Å². The van der Waals surface area contributed by atoms with Crippen LogP contribution in [0.1, 0.15) is 25.0 Å². The van der Waals surface area contributed by atoms with E-state index < -0.39 is 0 Å². The quantitative estimate of drug-likeness (QED) is 0.835. The van der Waals surface area contributed by atoms with Crippen molar-refractivity contribution in [3.63, 3.8) is 0 Å². The van der Waals surface area contributed by atoms with Crippen LogP contribution >= 0.6 is 23.2 Å². The summed E-state index contributed by atoms with van der Waals surface area (Å²) in [4.78, 5) is 0. The van der Waals surface area contributed by atoms with Gasteiger partial charge in [0, 0.05) is 34.8 Å². The van der Waals surface area contributed by atoms with Crippen molar-refractivity contribution in [3.05, 3.63) is 33.8 Å². The van der Waals surface area contributed by atoms with E-state index in [1.807, 2.05) is 12.1 Å². The zero-order valence-corrected chi connectivity index (χ0v) is 10.7. The van der Waals surface area contributed by atoms with Crippen molar-refractivity contribution in [2.75, 3.05) is 13.2 Å². The Kier molecular flexibility index (Phi) is 4.09. The summed E-state index contributed by atoms with van der Waals surface area (Å²) in [6.07, 6.45) is 1.02. The summed E-state index contributed by atoms with van der Waals surface area (Å²) in [7, 11) is 0. The second-order valence-corrected chi connectivity index (χ2v) is 4.97. The molecule has 0 saturated carbocycles. The molecule has 2 atom stereocenters. The molecule has 16 heavy (non-hydrogen) atoms. The molecule has 88 valence electrons. The zero-order valence-electron chi connectivity index (χ0n) is 9.17. The highest BCUT2D eigenvalue weighted by atomic mass is 35.5. The summed E-state index contributed by atoms with van der Waals surface area (Å²) in [6, 6.07) is 5.98. The van der Waals surface area contributed by atoms with Crippen LogP contribution in [0.5, 0.6) is 0 Å². The van der Waals surface area contributed by atoms with Crippen LogP contribution in [-0.4, -0.2) is 19.2 Å². The minimum absolute atomic E-state index is 0.00356. The van der Waals surface area contributed by atoms with Crippen LogP contribution in [0.25, 0.3) is 0 Å². The van der Waals surface area contributed by atoms with Gasteiger partial charge in [-0.15, -0.1) is 0 Å². The third-order valence-electron chi connectivity index (χ3n) is 2.83. The van der Waals surface area contributed by atoms with E-state index in [-0.39, 0.29) is 6.10 Å². The summed E-state index contributed by atoms with van der Waals surface area (Å²) < 4.78 is 5.79. The Hall–Kier alpha value is -0.280. The average Bonchev–Trinajstić information content (AvgIpc) is 2.47. The molecule has 1 N–H and O–H groups in total. The van der Waals surface area contributed by atoms with Gasteiger partial charge in [-0.3, -0.25) is 0 Å². The molecule has 1 aromatic rings. The maximum atomic E-state index is 6.15. The van der Waals surface area contributed by atoms with Gasteiger partial charge in [0.25, 0.3) is 0 Å². The van der Waals surface area contributed by atoms with Gasteiger partial charge in [-0.2, -0.15) is 0 Å². The smallest absolute Gasteiger partial charge is 0.0964 e. The first-order valence-electron chi connectivity index (χ1n) is 5.47. The molecule has 1 aliphatic heterocycles. The maximum absolute atomic E-state index is 6.15. The third kappa shape index (κ3) is 2.89. The summed E-state index contributed by atoms with van der Waals surface area (Å²) in [5.74, 6) is 0. The van der Waals surface area contributed by atoms with Gasteiger partial charge in [-0.05, 0) is 31.5 Å². The number of rotatable bonds is 1. The highest BCUT2D eigenvalue weighted by Gasteiger charge is 2.19. The standard InChI is InChI=1S/C12H15Cl2NO/c1-8-4-5-16-12(7-15-8)10-6-9(13)2-3-11(10)14/h2-3,6,8,12,15H,4-5,7H2,1H3. The van der Waals surface area contributed by atoms with Crippen LogP contribution in [0, 0.1) is 0 Å². The molecule has 2 rings (SSSR count). The number of ether oxygens (including phenoxy) is 1. The summed E-state index contributed by atoms with van der Waals surface area (Å²) in [6.45, 7) is 3.69. The van der Waals surface area contributed by atoms with E-state index in [1.54, 1.807) is 6.07 Å². The number of benzene rings is 1. The fraction of sp³-hybridized carbons (Fsp3) is 0.500. The van der Waals surface area contributed by atoms with Gasteiger partial charge in [-0.1, -0.05) is 23.2 Å². The van der Waals surface area contributed by atoms with Gasteiger partial charge in [-0.25, -0.2) is 0 Å². The van der Waals surface area contributed by atoms with Crippen LogP contribution in [0.3, 0.4) is 0 Å². The van der Waals surface area contributed by atoms with Crippen LogP contribution in [0.15, 0.2) is 18.2 Å². The largest absolute Gasteiger partial charge is 0.372 e. The molecule has 0 aromatic heterocycles. The zero-order chi connectivity index (χ0) is 11.5. The van der Waals surface area contributed by atoms with Gasteiger partial charge < -0.3 is 10.1 Å². The highest BCUT2D eigenvalue weighted by molar-refractivity contribution is 6.33. The lowest BCUT2D eigenvalue weighted by molar-refractivity contribution is 0.0665. The van der Waals surface area contributed by atoms with E-state index in [1.165, 1.54) is 0 Å². The van der Waals surface area contributed by atoms with Crippen molar-refractivity contribution >= 4 is 23.2 Å². The monoisotopic (exact) mass is 259 g/mol. The Morgan fingerprint density at radius 2 is 2.19 bits per heavy atom. The first-order valence-corrected chi connectivity index (χ1v) is 6.22. The lowest BCUT2D eigenvalue weighted by atomic mass is 10.1. The molecule has 1 fully saturated rings. The molecule has 1 aromatic carbocycles. The van der Waals surface area contributed by atoms with Crippen LogP contribution in [-0.2, 0) is 4.74 Å². The highest BCUT2D eigenvalue weighted by Crippen LogP contribution is 2.29. The molecule has 0 radical (unpaired) electrons. The Morgan fingerprint density at radius 1 is 1.38 bits per heavy atom. The van der Waals surface area contributed by atoms with Crippen LogP contribution < -0.4 is 5.32 Å². The maximum Gasteiger partial charge on any atom is 0.0964 e. The van der Waals surface area contributed by atoms with Gasteiger partial charge in [0.15, 0.2) is 0 Å². The molecule has 1 saturated heterocycles. The molecule has 0 amide bonds. The van der Waals surface area contributed by atoms with Crippen molar-refractivity contribution < 1.29 is 4.74 Å². The van der Waals surface area contributed by atoms with E-state index in [2.05, 4.69) is 12.2 Å². The molecule has 1 heterocycles. The molecule has 0 spiro atoms.